The lowest BCUT2D eigenvalue weighted by atomic mass is 10.2. The van der Waals surface area contributed by atoms with E-state index in [1.165, 1.54) is 10.9 Å². The first-order chi connectivity index (χ1) is 15.2. The Morgan fingerprint density at radius 1 is 1.24 bits per heavy atom. The third kappa shape index (κ3) is 6.76. The van der Waals surface area contributed by atoms with Crippen molar-refractivity contribution in [2.45, 2.75) is 31.8 Å². The first-order valence-electron chi connectivity index (χ1n) is 8.97. The van der Waals surface area contributed by atoms with E-state index in [1.54, 1.807) is 6.92 Å². The second-order valence-electron chi connectivity index (χ2n) is 6.52. The average Bonchev–Trinajstić information content (AvgIpc) is 3.21. The highest BCUT2D eigenvalue weighted by Crippen LogP contribution is 2.66. The molecule has 3 rings (SSSR count). The summed E-state index contributed by atoms with van der Waals surface area (Å²) in [4.78, 5) is 58.2. The minimum absolute atomic E-state index is 0.00234. The molecule has 0 spiro atoms. The molecule has 5 atom stereocenters. The second kappa shape index (κ2) is 9.62. The second-order valence-corrected chi connectivity index (χ2v) is 10.9. The number of imidazole rings is 1. The largest absolute Gasteiger partial charge is 0.490 e. The molecule has 21 heteroatoms. The monoisotopic (exact) mass is 535 g/mol. The summed E-state index contributed by atoms with van der Waals surface area (Å²) in [6, 6.07) is 0. The lowest BCUT2D eigenvalue weighted by Crippen LogP contribution is -2.29. The molecule has 0 aromatic carbocycles. The van der Waals surface area contributed by atoms with Crippen LogP contribution in [0.25, 0.3) is 11.2 Å². The van der Waals surface area contributed by atoms with E-state index in [-0.39, 0.29) is 30.1 Å². The fourth-order valence-electron chi connectivity index (χ4n) is 3.04. The van der Waals surface area contributed by atoms with Crippen LogP contribution in [-0.2, 0) is 36.3 Å². The molecule has 18 nitrogen and oxygen atoms in total. The van der Waals surface area contributed by atoms with Crippen LogP contribution in [0.3, 0.4) is 0 Å². The van der Waals surface area contributed by atoms with Crippen molar-refractivity contribution in [2.24, 2.45) is 0 Å². The number of hydrogen-bond acceptors (Lipinski definition) is 12. The van der Waals surface area contributed by atoms with Gasteiger partial charge in [-0.25, -0.2) is 18.7 Å². The normalized spacial score (nSPS) is 25.2. The van der Waals surface area contributed by atoms with Gasteiger partial charge in [0.05, 0.1) is 19.0 Å². The highest BCUT2D eigenvalue weighted by atomic mass is 31.3. The zero-order valence-electron chi connectivity index (χ0n) is 16.7. The third-order valence-corrected chi connectivity index (χ3v) is 7.94. The molecule has 2 unspecified atom stereocenters. The highest BCUT2D eigenvalue weighted by Gasteiger charge is 2.43. The summed E-state index contributed by atoms with van der Waals surface area (Å²) in [5.74, 6) is -0.155. The summed E-state index contributed by atoms with van der Waals surface area (Å²) < 4.78 is 58.8. The average molecular weight is 535 g/mol. The molecule has 33 heavy (non-hydrogen) atoms. The molecular formula is C12H20N5O13P3. The molecule has 186 valence electrons. The Morgan fingerprint density at radius 2 is 1.94 bits per heavy atom. The Hall–Kier alpha value is -1.52. The maximum absolute atomic E-state index is 12.0. The first kappa shape index (κ1) is 26.1. The van der Waals surface area contributed by atoms with E-state index in [2.05, 4.69) is 28.1 Å². The van der Waals surface area contributed by atoms with Gasteiger partial charge in [-0.05, 0) is 6.92 Å². The number of aromatic amines is 1. The van der Waals surface area contributed by atoms with Crippen molar-refractivity contribution in [3.63, 3.8) is 0 Å². The van der Waals surface area contributed by atoms with Crippen LogP contribution in [0.15, 0.2) is 11.1 Å². The summed E-state index contributed by atoms with van der Waals surface area (Å²) in [5, 5.41) is 0. The molecule has 0 radical (unpaired) electrons. The molecule has 1 saturated heterocycles. The van der Waals surface area contributed by atoms with Crippen molar-refractivity contribution in [3.05, 3.63) is 16.7 Å². The first-order valence-corrected chi connectivity index (χ1v) is 13.5. The van der Waals surface area contributed by atoms with Crippen LogP contribution in [0, 0.1) is 0 Å². The standard InChI is InChI=1S/C12H20N5O13P3/c1-2-26-6-3-8(17-5-14-9-10(17)15-12(13)16-11(9)18)28-7(6)4-27-32(22,23)30-33(24,25)29-31(19,20)21/h5-8H,2-4H2,1H3,(H,22,23)(H,24,25)(H2,19,20,21)(H3,13,15,16,18)/t6-,7-,8-/m1/s1. The molecule has 2 aromatic heterocycles. The van der Waals surface area contributed by atoms with Gasteiger partial charge in [0, 0.05) is 13.0 Å². The van der Waals surface area contributed by atoms with Gasteiger partial charge in [0.25, 0.3) is 5.56 Å². The number of ether oxygens (including phenoxy) is 2. The van der Waals surface area contributed by atoms with Crippen molar-refractivity contribution in [1.29, 1.82) is 0 Å². The number of nitrogen functional groups attached to an aromatic ring is 1. The topological polar surface area (TPSA) is 268 Å². The number of anilines is 1. The van der Waals surface area contributed by atoms with E-state index >= 15 is 0 Å². The van der Waals surface area contributed by atoms with Gasteiger partial charge in [0.2, 0.25) is 5.95 Å². The molecule has 3 heterocycles. The van der Waals surface area contributed by atoms with Crippen molar-refractivity contribution >= 4 is 40.6 Å². The summed E-state index contributed by atoms with van der Waals surface area (Å²) in [5.41, 5.74) is 5.11. The van der Waals surface area contributed by atoms with Crippen LogP contribution < -0.4 is 11.3 Å². The molecule has 0 bridgehead atoms. The van der Waals surface area contributed by atoms with Gasteiger partial charge in [-0.1, -0.05) is 0 Å². The van der Waals surface area contributed by atoms with Crippen LogP contribution in [0.5, 0.6) is 0 Å². The predicted molar refractivity (Wildman–Crippen MR) is 106 cm³/mol. The Bertz CT molecular complexity index is 1210. The predicted octanol–water partition coefficient (Wildman–Crippen LogP) is -0.262. The maximum atomic E-state index is 12.0. The Morgan fingerprint density at radius 3 is 2.58 bits per heavy atom. The Kier molecular flexibility index (Phi) is 7.60. The fraction of sp³-hybridized carbons (Fsp3) is 0.583. The van der Waals surface area contributed by atoms with Crippen molar-refractivity contribution in [3.8, 4) is 0 Å². The lowest BCUT2D eigenvalue weighted by Gasteiger charge is -2.21. The van der Waals surface area contributed by atoms with Gasteiger partial charge in [0.1, 0.15) is 12.3 Å². The summed E-state index contributed by atoms with van der Waals surface area (Å²) in [6.45, 7) is 1.21. The summed E-state index contributed by atoms with van der Waals surface area (Å²) >= 11 is 0. The van der Waals surface area contributed by atoms with Crippen LogP contribution in [0.2, 0.25) is 0 Å². The molecule has 1 aliphatic heterocycles. The van der Waals surface area contributed by atoms with Crippen LogP contribution in [-0.4, -0.2) is 64.5 Å². The number of nitrogens with two attached hydrogens (primary N) is 1. The van der Waals surface area contributed by atoms with Crippen molar-refractivity contribution < 1.29 is 55.9 Å². The molecule has 0 aliphatic carbocycles. The lowest BCUT2D eigenvalue weighted by molar-refractivity contribution is -0.0573. The molecule has 7 N–H and O–H groups in total. The number of H-pyrrole nitrogens is 1. The fourth-order valence-corrected chi connectivity index (χ4v) is 6.07. The number of nitrogens with zero attached hydrogens (tertiary/aromatic N) is 3. The molecule has 2 aromatic rings. The van der Waals surface area contributed by atoms with E-state index in [0.717, 1.165) is 0 Å². The number of phosphoric ester groups is 1. The van der Waals surface area contributed by atoms with Crippen LogP contribution >= 0.6 is 23.5 Å². The van der Waals surface area contributed by atoms with Gasteiger partial charge in [-0.15, -0.1) is 0 Å². The zero-order valence-corrected chi connectivity index (χ0v) is 19.3. The molecule has 1 aliphatic rings. The SMILES string of the molecule is CCO[C@@H]1C[C@H](n2cnc3c(=O)[nH]c(N)nc32)O[C@@H]1COP(=O)(O)OP(=O)(O)OP(=O)(O)O. The summed E-state index contributed by atoms with van der Waals surface area (Å²) in [6.07, 6.45) is -1.08. The smallest absolute Gasteiger partial charge is 0.376 e. The molecule has 0 saturated carbocycles. The van der Waals surface area contributed by atoms with Gasteiger partial charge in [-0.2, -0.15) is 13.6 Å². The maximum Gasteiger partial charge on any atom is 0.490 e. The summed E-state index contributed by atoms with van der Waals surface area (Å²) in [7, 11) is -16.5. The van der Waals surface area contributed by atoms with E-state index in [1.807, 2.05) is 0 Å². The minimum atomic E-state index is -5.65. The number of phosphoric acid groups is 3. The minimum Gasteiger partial charge on any atom is -0.376 e. The number of nitrogens with one attached hydrogen (secondary N) is 1. The van der Waals surface area contributed by atoms with E-state index in [4.69, 9.17) is 25.0 Å². The van der Waals surface area contributed by atoms with E-state index < -0.39 is 54.1 Å². The highest BCUT2D eigenvalue weighted by molar-refractivity contribution is 7.66. The Labute approximate surface area is 184 Å². The van der Waals surface area contributed by atoms with Gasteiger partial charge < -0.3 is 34.8 Å². The zero-order chi connectivity index (χ0) is 24.6. The van der Waals surface area contributed by atoms with Crippen LogP contribution in [0.4, 0.5) is 5.95 Å². The third-order valence-electron chi connectivity index (χ3n) is 4.14. The van der Waals surface area contributed by atoms with Gasteiger partial charge >= 0.3 is 23.5 Å². The van der Waals surface area contributed by atoms with Gasteiger partial charge in [-0.3, -0.25) is 18.9 Å². The molecule has 1 fully saturated rings. The quantitative estimate of drug-likeness (QED) is 0.214. The Balaban J connectivity index is 1.73. The van der Waals surface area contributed by atoms with Crippen LogP contribution in [0.1, 0.15) is 19.6 Å². The van der Waals surface area contributed by atoms with Gasteiger partial charge in [0.15, 0.2) is 11.2 Å². The number of fused-ring (bicyclic) bond motifs is 1. The van der Waals surface area contributed by atoms with Crippen molar-refractivity contribution in [1.82, 2.24) is 19.5 Å². The number of aromatic nitrogens is 4. The molecular weight excluding hydrogens is 515 g/mol. The molecule has 0 amide bonds. The van der Waals surface area contributed by atoms with E-state index in [0.29, 0.717) is 0 Å². The number of hydrogen-bond donors (Lipinski definition) is 6. The van der Waals surface area contributed by atoms with E-state index in [9.17, 15) is 28.3 Å². The van der Waals surface area contributed by atoms with Crippen molar-refractivity contribution in [2.75, 3.05) is 18.9 Å². The number of rotatable bonds is 10.